The lowest BCUT2D eigenvalue weighted by atomic mass is 10.4. The van der Waals surface area contributed by atoms with E-state index in [4.69, 9.17) is 23.2 Å². The molecule has 0 saturated carbocycles. The minimum atomic E-state index is 0.146. The van der Waals surface area contributed by atoms with Crippen LogP contribution in [0.15, 0.2) is 12.7 Å². The summed E-state index contributed by atoms with van der Waals surface area (Å²) in [4.78, 5) is 12.1. The number of aromatic nitrogens is 4. The summed E-state index contributed by atoms with van der Waals surface area (Å²) < 4.78 is 1.88. The summed E-state index contributed by atoms with van der Waals surface area (Å²) in [6.45, 7) is 1.99. The van der Waals surface area contributed by atoms with Crippen LogP contribution < -0.4 is 0 Å². The highest BCUT2D eigenvalue weighted by Gasteiger charge is 2.11. The average Bonchev–Trinajstić information content (AvgIpc) is 2.62. The summed E-state index contributed by atoms with van der Waals surface area (Å²) in [5.41, 5.74) is 1.34. The van der Waals surface area contributed by atoms with E-state index in [1.54, 1.807) is 6.33 Å². The monoisotopic (exact) mass is 230 g/mol. The SMILES string of the molecule is CC(CCl)n1cnc2c(Cl)ncnc21. The second-order valence-electron chi connectivity index (χ2n) is 2.99. The van der Waals surface area contributed by atoms with Crippen LogP contribution in [0.4, 0.5) is 0 Å². The predicted molar refractivity (Wildman–Crippen MR) is 55.8 cm³/mol. The Balaban J connectivity index is 2.63. The number of halogens is 2. The Labute approximate surface area is 90.9 Å². The molecule has 0 aliphatic rings. The van der Waals surface area contributed by atoms with E-state index in [0.717, 1.165) is 5.65 Å². The molecule has 6 heteroatoms. The van der Waals surface area contributed by atoms with E-state index in [0.29, 0.717) is 16.5 Å². The molecule has 4 nitrogen and oxygen atoms in total. The molecular formula is C8H8Cl2N4. The van der Waals surface area contributed by atoms with Crippen LogP contribution in [0.2, 0.25) is 5.15 Å². The largest absolute Gasteiger partial charge is 0.311 e. The van der Waals surface area contributed by atoms with E-state index < -0.39 is 0 Å². The Morgan fingerprint density at radius 2 is 2.21 bits per heavy atom. The molecule has 0 fully saturated rings. The molecule has 1 unspecified atom stereocenters. The topological polar surface area (TPSA) is 43.6 Å². The Bertz CT molecular complexity index is 454. The third kappa shape index (κ3) is 1.44. The Morgan fingerprint density at radius 3 is 2.93 bits per heavy atom. The van der Waals surface area contributed by atoms with Gasteiger partial charge < -0.3 is 4.57 Å². The smallest absolute Gasteiger partial charge is 0.165 e. The Morgan fingerprint density at radius 1 is 1.43 bits per heavy atom. The minimum absolute atomic E-state index is 0.146. The van der Waals surface area contributed by atoms with Crippen molar-refractivity contribution in [3.05, 3.63) is 17.8 Å². The van der Waals surface area contributed by atoms with Gasteiger partial charge in [-0.2, -0.15) is 0 Å². The highest BCUT2D eigenvalue weighted by Crippen LogP contribution is 2.20. The summed E-state index contributed by atoms with van der Waals surface area (Å²) in [5.74, 6) is 0.507. The van der Waals surface area contributed by atoms with E-state index in [1.165, 1.54) is 6.33 Å². The van der Waals surface area contributed by atoms with E-state index in [-0.39, 0.29) is 6.04 Å². The first kappa shape index (κ1) is 9.68. The van der Waals surface area contributed by atoms with Crippen molar-refractivity contribution in [1.82, 2.24) is 19.5 Å². The maximum Gasteiger partial charge on any atom is 0.165 e. The first-order valence-corrected chi connectivity index (χ1v) is 5.04. The van der Waals surface area contributed by atoms with E-state index in [1.807, 2.05) is 11.5 Å². The highest BCUT2D eigenvalue weighted by atomic mass is 35.5. The van der Waals surface area contributed by atoms with Crippen LogP contribution in [0.5, 0.6) is 0 Å². The normalized spacial score (nSPS) is 13.4. The van der Waals surface area contributed by atoms with E-state index in [2.05, 4.69) is 15.0 Å². The summed E-state index contributed by atoms with van der Waals surface area (Å²) in [6, 6.07) is 0.146. The fourth-order valence-electron chi connectivity index (χ4n) is 1.22. The van der Waals surface area contributed by atoms with Crippen molar-refractivity contribution in [3.8, 4) is 0 Å². The van der Waals surface area contributed by atoms with Crippen LogP contribution in [0, 0.1) is 0 Å². The molecule has 0 aromatic carbocycles. The third-order valence-electron chi connectivity index (χ3n) is 2.01. The average molecular weight is 231 g/mol. The molecular weight excluding hydrogens is 223 g/mol. The second-order valence-corrected chi connectivity index (χ2v) is 3.66. The van der Waals surface area contributed by atoms with Gasteiger partial charge >= 0.3 is 0 Å². The van der Waals surface area contributed by atoms with Crippen LogP contribution in [0.25, 0.3) is 11.2 Å². The minimum Gasteiger partial charge on any atom is -0.311 e. The summed E-state index contributed by atoms with van der Waals surface area (Å²) in [5, 5.41) is 0.371. The number of fused-ring (bicyclic) bond motifs is 1. The molecule has 2 aromatic rings. The van der Waals surface area contributed by atoms with Gasteiger partial charge in [-0.05, 0) is 6.92 Å². The van der Waals surface area contributed by atoms with Gasteiger partial charge in [0.1, 0.15) is 11.8 Å². The summed E-state index contributed by atoms with van der Waals surface area (Å²) in [6.07, 6.45) is 3.10. The Kier molecular flexibility index (Phi) is 2.56. The summed E-state index contributed by atoms with van der Waals surface area (Å²) >= 11 is 11.6. The van der Waals surface area contributed by atoms with Gasteiger partial charge in [0.05, 0.1) is 6.33 Å². The van der Waals surface area contributed by atoms with Gasteiger partial charge in [-0.15, -0.1) is 11.6 Å². The Hall–Kier alpha value is -0.870. The second kappa shape index (κ2) is 3.71. The van der Waals surface area contributed by atoms with E-state index >= 15 is 0 Å². The molecule has 0 spiro atoms. The van der Waals surface area contributed by atoms with Crippen molar-refractivity contribution in [1.29, 1.82) is 0 Å². The predicted octanol–water partition coefficient (Wildman–Crippen LogP) is 2.28. The number of hydrogen-bond donors (Lipinski definition) is 0. The molecule has 0 radical (unpaired) electrons. The lowest BCUT2D eigenvalue weighted by Crippen LogP contribution is -2.05. The fourth-order valence-corrected chi connectivity index (χ4v) is 1.55. The molecule has 0 bridgehead atoms. The number of imidazole rings is 1. The highest BCUT2D eigenvalue weighted by molar-refractivity contribution is 6.33. The molecule has 0 amide bonds. The standard InChI is InChI=1S/C8H8Cl2N4/c1-5(2-9)14-4-13-6-7(10)11-3-12-8(6)14/h3-5H,2H2,1H3. The van der Waals surface area contributed by atoms with Crippen molar-refractivity contribution in [3.63, 3.8) is 0 Å². The quantitative estimate of drug-likeness (QED) is 0.588. The zero-order chi connectivity index (χ0) is 10.1. The molecule has 1 atom stereocenters. The van der Waals surface area contributed by atoms with Gasteiger partial charge in [0.2, 0.25) is 0 Å². The van der Waals surface area contributed by atoms with Crippen LogP contribution in [0.1, 0.15) is 13.0 Å². The lowest BCUT2D eigenvalue weighted by Gasteiger charge is -2.08. The molecule has 2 rings (SSSR count). The maximum absolute atomic E-state index is 5.86. The van der Waals surface area contributed by atoms with Crippen molar-refractivity contribution >= 4 is 34.4 Å². The fraction of sp³-hybridized carbons (Fsp3) is 0.375. The van der Waals surface area contributed by atoms with Crippen LogP contribution >= 0.6 is 23.2 Å². The zero-order valence-corrected chi connectivity index (χ0v) is 9.00. The number of hydrogen-bond acceptors (Lipinski definition) is 3. The molecule has 74 valence electrons. The maximum atomic E-state index is 5.86. The van der Waals surface area contributed by atoms with Crippen molar-refractivity contribution in [2.45, 2.75) is 13.0 Å². The van der Waals surface area contributed by atoms with Gasteiger partial charge in [0, 0.05) is 11.9 Å². The van der Waals surface area contributed by atoms with Gasteiger partial charge in [-0.1, -0.05) is 11.6 Å². The number of nitrogens with zero attached hydrogens (tertiary/aromatic N) is 4. The molecule has 0 aliphatic heterocycles. The lowest BCUT2D eigenvalue weighted by molar-refractivity contribution is 0.619. The molecule has 2 aromatic heterocycles. The van der Waals surface area contributed by atoms with Crippen molar-refractivity contribution < 1.29 is 0 Å². The van der Waals surface area contributed by atoms with Crippen molar-refractivity contribution in [2.24, 2.45) is 0 Å². The third-order valence-corrected chi connectivity index (χ3v) is 2.74. The molecule has 0 aliphatic carbocycles. The van der Waals surface area contributed by atoms with E-state index in [9.17, 15) is 0 Å². The first-order valence-electron chi connectivity index (χ1n) is 4.13. The first-order chi connectivity index (χ1) is 6.74. The van der Waals surface area contributed by atoms with Crippen LogP contribution in [-0.4, -0.2) is 25.4 Å². The molecule has 0 saturated heterocycles. The van der Waals surface area contributed by atoms with Crippen LogP contribution in [-0.2, 0) is 0 Å². The molecule has 0 N–H and O–H groups in total. The van der Waals surface area contributed by atoms with Gasteiger partial charge in [-0.25, -0.2) is 15.0 Å². The number of alkyl halides is 1. The number of rotatable bonds is 2. The van der Waals surface area contributed by atoms with Gasteiger partial charge in [0.25, 0.3) is 0 Å². The van der Waals surface area contributed by atoms with Gasteiger partial charge in [0.15, 0.2) is 10.8 Å². The zero-order valence-electron chi connectivity index (χ0n) is 7.48. The summed E-state index contributed by atoms with van der Waals surface area (Å²) in [7, 11) is 0. The molecule has 2 heterocycles. The van der Waals surface area contributed by atoms with Crippen molar-refractivity contribution in [2.75, 3.05) is 5.88 Å². The van der Waals surface area contributed by atoms with Gasteiger partial charge in [-0.3, -0.25) is 0 Å². The molecule has 14 heavy (non-hydrogen) atoms. The van der Waals surface area contributed by atoms with Crippen LogP contribution in [0.3, 0.4) is 0 Å².